The monoisotopic (exact) mass is 493 g/mol. The van der Waals surface area contributed by atoms with E-state index < -0.39 is 0 Å². The Morgan fingerprint density at radius 2 is 1.74 bits per heavy atom. The molecular weight excluding hydrogens is 474 g/mol. The number of hydrogen-bond donors (Lipinski definition) is 1. The third-order valence-electron chi connectivity index (χ3n) is 4.67. The third-order valence-corrected chi connectivity index (χ3v) is 6.11. The molecule has 4 rings (SSSR count). The van der Waals surface area contributed by atoms with Crippen LogP contribution in [0.2, 0.25) is 0 Å². The van der Waals surface area contributed by atoms with Crippen molar-refractivity contribution in [1.82, 2.24) is 4.98 Å². The van der Waals surface area contributed by atoms with Gasteiger partial charge in [0.25, 0.3) is 0 Å². The van der Waals surface area contributed by atoms with Crippen molar-refractivity contribution in [3.05, 3.63) is 82.1 Å². The van der Waals surface area contributed by atoms with Crippen LogP contribution in [0.3, 0.4) is 0 Å². The van der Waals surface area contributed by atoms with Crippen LogP contribution in [-0.4, -0.2) is 25.4 Å². The van der Waals surface area contributed by atoms with Gasteiger partial charge in [-0.05, 0) is 53.6 Å². The number of thiazole rings is 1. The van der Waals surface area contributed by atoms with E-state index in [0.717, 1.165) is 43.9 Å². The summed E-state index contributed by atoms with van der Waals surface area (Å²) in [5.74, 6) is 1.57. The molecule has 0 atom stereocenters. The Morgan fingerprint density at radius 3 is 2.48 bits per heavy atom. The Labute approximate surface area is 193 Å². The van der Waals surface area contributed by atoms with Crippen LogP contribution in [0, 0.1) is 0 Å². The molecule has 5 nitrogen and oxygen atoms in total. The molecule has 1 aromatic heterocycles. The second-order valence-electron chi connectivity index (χ2n) is 6.57. The number of halogens is 1. The molecule has 4 aromatic rings. The normalized spacial score (nSPS) is 10.9. The van der Waals surface area contributed by atoms with Crippen LogP contribution in [0.5, 0.6) is 11.5 Å². The molecule has 0 unspecified atom stereocenters. The maximum atomic E-state index is 5.50. The molecule has 1 heterocycles. The highest BCUT2D eigenvalue weighted by atomic mass is 79.9. The van der Waals surface area contributed by atoms with E-state index in [9.17, 15) is 0 Å². The van der Waals surface area contributed by atoms with E-state index in [2.05, 4.69) is 43.6 Å². The first-order valence-corrected chi connectivity index (χ1v) is 11.2. The summed E-state index contributed by atoms with van der Waals surface area (Å²) in [6.45, 7) is 0. The molecule has 0 aliphatic rings. The molecule has 0 fully saturated rings. The van der Waals surface area contributed by atoms with Crippen molar-refractivity contribution in [1.29, 1.82) is 0 Å². The number of hydrazone groups is 1. The quantitative estimate of drug-likeness (QED) is 0.229. The van der Waals surface area contributed by atoms with E-state index >= 15 is 0 Å². The number of methoxy groups -OCH3 is 2. The summed E-state index contributed by atoms with van der Waals surface area (Å²) < 4.78 is 11.7. The van der Waals surface area contributed by atoms with E-state index in [4.69, 9.17) is 9.47 Å². The average Bonchev–Trinajstić information content (AvgIpc) is 3.28. The van der Waals surface area contributed by atoms with Crippen molar-refractivity contribution >= 4 is 38.6 Å². The lowest BCUT2D eigenvalue weighted by atomic mass is 10.0. The van der Waals surface area contributed by atoms with Crippen LogP contribution in [0.4, 0.5) is 5.13 Å². The zero-order valence-electron chi connectivity index (χ0n) is 17.0. The van der Waals surface area contributed by atoms with Crippen molar-refractivity contribution in [3.63, 3.8) is 0 Å². The van der Waals surface area contributed by atoms with Crippen LogP contribution in [0.15, 0.2) is 81.7 Å². The summed E-state index contributed by atoms with van der Waals surface area (Å²) in [7, 11) is 3.31. The van der Waals surface area contributed by atoms with Crippen molar-refractivity contribution in [2.24, 2.45) is 5.10 Å². The zero-order valence-corrected chi connectivity index (χ0v) is 19.4. The predicted octanol–water partition coefficient (Wildman–Crippen LogP) is 6.70. The van der Waals surface area contributed by atoms with Gasteiger partial charge >= 0.3 is 0 Å². The topological polar surface area (TPSA) is 55.7 Å². The lowest BCUT2D eigenvalue weighted by molar-refractivity contribution is 0.414. The molecule has 1 N–H and O–H groups in total. The molecule has 0 amide bonds. The maximum Gasteiger partial charge on any atom is 0.203 e. The third kappa shape index (κ3) is 4.95. The first-order chi connectivity index (χ1) is 15.2. The standard InChI is InChI=1S/C24H20BrN3O2S/c1-29-19-10-7-16(8-11-19)22-15-31-24(27-22)28-26-14-18-13-17(9-12-23(18)30-2)20-5-3-4-6-21(20)25/h3-15H,1-2H3,(H,27,28)/b26-14+. The van der Waals surface area contributed by atoms with Gasteiger partial charge in [-0.2, -0.15) is 5.10 Å². The van der Waals surface area contributed by atoms with Gasteiger partial charge in [0.05, 0.1) is 26.1 Å². The van der Waals surface area contributed by atoms with Gasteiger partial charge in [-0.25, -0.2) is 4.98 Å². The van der Waals surface area contributed by atoms with E-state index in [1.165, 1.54) is 11.3 Å². The number of anilines is 1. The van der Waals surface area contributed by atoms with Gasteiger partial charge in [-0.15, -0.1) is 11.3 Å². The number of benzene rings is 3. The second-order valence-corrected chi connectivity index (χ2v) is 8.29. The first-order valence-electron chi connectivity index (χ1n) is 9.50. The Bertz CT molecular complexity index is 1210. The van der Waals surface area contributed by atoms with Crippen molar-refractivity contribution in [2.75, 3.05) is 19.6 Å². The highest BCUT2D eigenvalue weighted by molar-refractivity contribution is 9.10. The highest BCUT2D eigenvalue weighted by Gasteiger charge is 2.08. The van der Waals surface area contributed by atoms with E-state index in [1.807, 2.05) is 60.0 Å². The molecule has 0 spiro atoms. The molecule has 0 aliphatic carbocycles. The summed E-state index contributed by atoms with van der Waals surface area (Å²) in [5, 5.41) is 7.08. The SMILES string of the molecule is COc1ccc(-c2csc(N/N=C/c3cc(-c4ccccc4Br)ccc3OC)n2)cc1. The Balaban J connectivity index is 1.51. The molecule has 3 aromatic carbocycles. The summed E-state index contributed by atoms with van der Waals surface area (Å²) in [6, 6.07) is 22.0. The maximum absolute atomic E-state index is 5.50. The summed E-state index contributed by atoms with van der Waals surface area (Å²) in [5.41, 5.74) is 7.98. The summed E-state index contributed by atoms with van der Waals surface area (Å²) in [6.07, 6.45) is 1.74. The number of ether oxygens (including phenoxy) is 2. The average molecular weight is 494 g/mol. The minimum atomic E-state index is 0.711. The number of hydrogen-bond acceptors (Lipinski definition) is 6. The summed E-state index contributed by atoms with van der Waals surface area (Å²) >= 11 is 5.11. The fourth-order valence-corrected chi connectivity index (χ4v) is 4.26. The van der Waals surface area contributed by atoms with Gasteiger partial charge in [0, 0.05) is 21.0 Å². The van der Waals surface area contributed by atoms with Gasteiger partial charge in [-0.1, -0.05) is 40.2 Å². The molecule has 0 bridgehead atoms. The fraction of sp³-hybridized carbons (Fsp3) is 0.0833. The molecule has 7 heteroatoms. The van der Waals surface area contributed by atoms with Crippen LogP contribution in [0.1, 0.15) is 5.56 Å². The molecule has 0 radical (unpaired) electrons. The minimum absolute atomic E-state index is 0.711. The number of aromatic nitrogens is 1. The Morgan fingerprint density at radius 1 is 0.968 bits per heavy atom. The number of rotatable bonds is 7. The van der Waals surface area contributed by atoms with Crippen LogP contribution in [-0.2, 0) is 0 Å². The molecule has 156 valence electrons. The van der Waals surface area contributed by atoms with Gasteiger partial charge in [-0.3, -0.25) is 5.43 Å². The Kier molecular flexibility index (Phi) is 6.64. The lowest BCUT2D eigenvalue weighted by Crippen LogP contribution is -1.95. The van der Waals surface area contributed by atoms with Crippen LogP contribution >= 0.6 is 27.3 Å². The van der Waals surface area contributed by atoms with E-state index in [1.54, 1.807) is 20.4 Å². The number of nitrogens with one attached hydrogen (secondary N) is 1. The predicted molar refractivity (Wildman–Crippen MR) is 131 cm³/mol. The van der Waals surface area contributed by atoms with Crippen LogP contribution < -0.4 is 14.9 Å². The van der Waals surface area contributed by atoms with Crippen molar-refractivity contribution in [3.8, 4) is 33.9 Å². The van der Waals surface area contributed by atoms with Gasteiger partial charge < -0.3 is 9.47 Å². The van der Waals surface area contributed by atoms with Gasteiger partial charge in [0.1, 0.15) is 11.5 Å². The fourth-order valence-electron chi connectivity index (χ4n) is 3.07. The van der Waals surface area contributed by atoms with Gasteiger partial charge in [0.15, 0.2) is 0 Å². The molecular formula is C24H20BrN3O2S. The summed E-state index contributed by atoms with van der Waals surface area (Å²) in [4.78, 5) is 4.60. The second kappa shape index (κ2) is 9.76. The molecule has 0 saturated carbocycles. The smallest absolute Gasteiger partial charge is 0.203 e. The zero-order chi connectivity index (χ0) is 21.6. The first kappa shape index (κ1) is 21.1. The van der Waals surface area contributed by atoms with E-state index in [0.29, 0.717) is 5.13 Å². The molecule has 31 heavy (non-hydrogen) atoms. The van der Waals surface area contributed by atoms with E-state index in [-0.39, 0.29) is 0 Å². The Hall–Kier alpha value is -3.16. The number of nitrogens with zero attached hydrogens (tertiary/aromatic N) is 2. The van der Waals surface area contributed by atoms with Crippen molar-refractivity contribution in [2.45, 2.75) is 0 Å². The van der Waals surface area contributed by atoms with Crippen molar-refractivity contribution < 1.29 is 9.47 Å². The largest absolute Gasteiger partial charge is 0.497 e. The minimum Gasteiger partial charge on any atom is -0.497 e. The highest BCUT2D eigenvalue weighted by Crippen LogP contribution is 2.31. The lowest BCUT2D eigenvalue weighted by Gasteiger charge is -2.09. The molecule has 0 saturated heterocycles. The molecule has 0 aliphatic heterocycles. The van der Waals surface area contributed by atoms with Gasteiger partial charge in [0.2, 0.25) is 5.13 Å². The van der Waals surface area contributed by atoms with Crippen LogP contribution in [0.25, 0.3) is 22.4 Å².